The summed E-state index contributed by atoms with van der Waals surface area (Å²) < 4.78 is 26.8. The summed E-state index contributed by atoms with van der Waals surface area (Å²) in [7, 11) is -3.87. The number of carbonyl (C=O) groups is 2. The largest absolute Gasteiger partial charge is 0.295 e. The van der Waals surface area contributed by atoms with Crippen molar-refractivity contribution < 1.29 is 18.0 Å². The number of amides is 2. The van der Waals surface area contributed by atoms with E-state index in [0.717, 1.165) is 0 Å². The SMILES string of the molecule is Cc1ccc(Cl)cc1S(=O)(=O)NC1CCC(=O)NC1=O. The normalized spacial score (nSPS) is 19.8. The maximum absolute atomic E-state index is 12.3. The average Bonchev–Trinajstić information content (AvgIpc) is 2.35. The molecule has 6 nitrogen and oxygen atoms in total. The van der Waals surface area contributed by atoms with Gasteiger partial charge in [-0.05, 0) is 31.0 Å². The van der Waals surface area contributed by atoms with Crippen LogP contribution in [0.25, 0.3) is 0 Å². The maximum atomic E-state index is 12.3. The highest BCUT2D eigenvalue weighted by atomic mass is 35.5. The number of rotatable bonds is 3. The van der Waals surface area contributed by atoms with E-state index in [9.17, 15) is 18.0 Å². The third-order valence-corrected chi connectivity index (χ3v) is 4.83. The lowest BCUT2D eigenvalue weighted by molar-refractivity contribution is -0.134. The van der Waals surface area contributed by atoms with Crippen molar-refractivity contribution >= 4 is 33.4 Å². The first kappa shape index (κ1) is 15.0. The summed E-state index contributed by atoms with van der Waals surface area (Å²) in [5.41, 5.74) is 0.522. The Morgan fingerprint density at radius 1 is 1.35 bits per heavy atom. The third kappa shape index (κ3) is 3.17. The molecule has 0 spiro atoms. The molecule has 2 amide bonds. The number of imide groups is 1. The lowest BCUT2D eigenvalue weighted by Crippen LogP contribution is -2.52. The van der Waals surface area contributed by atoms with Crippen LogP contribution in [-0.2, 0) is 19.6 Å². The maximum Gasteiger partial charge on any atom is 0.244 e. The Labute approximate surface area is 121 Å². The number of piperidine rings is 1. The van der Waals surface area contributed by atoms with E-state index in [-0.39, 0.29) is 17.7 Å². The van der Waals surface area contributed by atoms with E-state index in [1.807, 2.05) is 0 Å². The van der Waals surface area contributed by atoms with Gasteiger partial charge in [0.05, 0.1) is 4.90 Å². The van der Waals surface area contributed by atoms with Crippen molar-refractivity contribution in [3.8, 4) is 0 Å². The summed E-state index contributed by atoms with van der Waals surface area (Å²) in [6.07, 6.45) is 0.247. The Kier molecular flexibility index (Phi) is 4.12. The van der Waals surface area contributed by atoms with E-state index in [1.165, 1.54) is 6.07 Å². The molecule has 0 radical (unpaired) electrons. The van der Waals surface area contributed by atoms with Crippen molar-refractivity contribution in [2.45, 2.75) is 30.7 Å². The van der Waals surface area contributed by atoms with Gasteiger partial charge in [0.15, 0.2) is 0 Å². The van der Waals surface area contributed by atoms with Crippen molar-refractivity contribution in [1.82, 2.24) is 10.0 Å². The number of nitrogens with one attached hydrogen (secondary N) is 2. The fourth-order valence-electron chi connectivity index (χ4n) is 1.92. The molecule has 1 atom stereocenters. The Hall–Kier alpha value is -1.44. The van der Waals surface area contributed by atoms with Crippen LogP contribution in [0, 0.1) is 6.92 Å². The minimum absolute atomic E-state index is 0.0229. The van der Waals surface area contributed by atoms with E-state index < -0.39 is 27.9 Å². The first-order chi connectivity index (χ1) is 9.29. The van der Waals surface area contributed by atoms with Crippen molar-refractivity contribution in [2.75, 3.05) is 0 Å². The van der Waals surface area contributed by atoms with Crippen LogP contribution in [0.5, 0.6) is 0 Å². The summed E-state index contributed by atoms with van der Waals surface area (Å²) in [5, 5.41) is 2.39. The molecule has 0 saturated carbocycles. The molecular formula is C12H13ClN2O4S. The van der Waals surface area contributed by atoms with Gasteiger partial charge in [-0.2, -0.15) is 4.72 Å². The van der Waals surface area contributed by atoms with Gasteiger partial charge >= 0.3 is 0 Å². The zero-order valence-corrected chi connectivity index (χ0v) is 12.2. The predicted molar refractivity (Wildman–Crippen MR) is 72.7 cm³/mol. The Balaban J connectivity index is 2.25. The number of carbonyl (C=O) groups excluding carboxylic acids is 2. The summed E-state index contributed by atoms with van der Waals surface area (Å²) in [5.74, 6) is -1.03. The molecule has 1 unspecified atom stereocenters. The van der Waals surface area contributed by atoms with Gasteiger partial charge in [0.25, 0.3) is 0 Å². The second-order valence-corrected chi connectivity index (χ2v) is 6.65. The van der Waals surface area contributed by atoms with Crippen LogP contribution in [0.15, 0.2) is 23.1 Å². The first-order valence-electron chi connectivity index (χ1n) is 5.92. The topological polar surface area (TPSA) is 92.3 Å². The van der Waals surface area contributed by atoms with Gasteiger partial charge in [-0.1, -0.05) is 17.7 Å². The standard InChI is InChI=1S/C12H13ClN2O4S/c1-7-2-3-8(13)6-10(7)20(18,19)15-9-4-5-11(16)14-12(9)17/h2-3,6,9,15H,4-5H2,1H3,(H,14,16,17). The van der Waals surface area contributed by atoms with Crippen molar-refractivity contribution in [3.63, 3.8) is 0 Å². The van der Waals surface area contributed by atoms with Crippen molar-refractivity contribution in [1.29, 1.82) is 0 Å². The molecule has 1 aromatic rings. The molecule has 8 heteroatoms. The molecule has 1 aliphatic heterocycles. The Morgan fingerprint density at radius 2 is 2.05 bits per heavy atom. The fraction of sp³-hybridized carbons (Fsp3) is 0.333. The molecule has 1 heterocycles. The van der Waals surface area contributed by atoms with Crippen LogP contribution in [0.4, 0.5) is 0 Å². The lowest BCUT2D eigenvalue weighted by atomic mass is 10.1. The highest BCUT2D eigenvalue weighted by molar-refractivity contribution is 7.89. The molecule has 20 heavy (non-hydrogen) atoms. The number of hydrogen-bond donors (Lipinski definition) is 2. The van der Waals surface area contributed by atoms with Crippen LogP contribution in [0.3, 0.4) is 0 Å². The average molecular weight is 317 g/mol. The van der Waals surface area contributed by atoms with E-state index in [0.29, 0.717) is 10.6 Å². The highest BCUT2D eigenvalue weighted by Gasteiger charge is 2.31. The predicted octanol–water partition coefficient (Wildman–Crippen LogP) is 0.732. The second-order valence-electron chi connectivity index (χ2n) is 4.53. The zero-order chi connectivity index (χ0) is 14.9. The molecule has 0 bridgehead atoms. The lowest BCUT2D eigenvalue weighted by Gasteiger charge is -2.22. The van der Waals surface area contributed by atoms with Crippen LogP contribution in [0.1, 0.15) is 18.4 Å². The number of aryl methyl sites for hydroxylation is 1. The number of benzene rings is 1. The first-order valence-corrected chi connectivity index (χ1v) is 7.78. The smallest absolute Gasteiger partial charge is 0.244 e. The molecule has 2 N–H and O–H groups in total. The Bertz CT molecular complexity index is 672. The van der Waals surface area contributed by atoms with Crippen molar-refractivity contribution in [3.05, 3.63) is 28.8 Å². The van der Waals surface area contributed by atoms with Gasteiger partial charge in [0, 0.05) is 11.4 Å². The summed E-state index contributed by atoms with van der Waals surface area (Å²) in [6, 6.07) is 3.55. The molecule has 108 valence electrons. The summed E-state index contributed by atoms with van der Waals surface area (Å²) in [4.78, 5) is 22.6. The minimum atomic E-state index is -3.87. The van der Waals surface area contributed by atoms with Gasteiger partial charge < -0.3 is 0 Å². The monoisotopic (exact) mass is 316 g/mol. The van der Waals surface area contributed by atoms with Gasteiger partial charge in [-0.15, -0.1) is 0 Å². The van der Waals surface area contributed by atoms with Crippen molar-refractivity contribution in [2.24, 2.45) is 0 Å². The second kappa shape index (κ2) is 5.51. The van der Waals surface area contributed by atoms with E-state index in [2.05, 4.69) is 10.0 Å². The number of hydrogen-bond acceptors (Lipinski definition) is 4. The van der Waals surface area contributed by atoms with E-state index in [1.54, 1.807) is 19.1 Å². The molecule has 0 aromatic heterocycles. The molecule has 0 aliphatic carbocycles. The quantitative estimate of drug-likeness (QED) is 0.804. The van der Waals surface area contributed by atoms with Crippen LogP contribution >= 0.6 is 11.6 Å². The molecule has 1 aliphatic rings. The number of halogens is 1. The van der Waals surface area contributed by atoms with Gasteiger partial charge in [-0.25, -0.2) is 8.42 Å². The molecule has 1 fully saturated rings. The van der Waals surface area contributed by atoms with Gasteiger partial charge in [-0.3, -0.25) is 14.9 Å². The molecule has 1 saturated heterocycles. The number of sulfonamides is 1. The van der Waals surface area contributed by atoms with Crippen LogP contribution < -0.4 is 10.0 Å². The van der Waals surface area contributed by atoms with Crippen LogP contribution in [0.2, 0.25) is 5.02 Å². The summed E-state index contributed by atoms with van der Waals surface area (Å²) >= 11 is 5.80. The molecule has 1 aromatic carbocycles. The zero-order valence-electron chi connectivity index (χ0n) is 10.6. The molecule has 2 rings (SSSR count). The minimum Gasteiger partial charge on any atom is -0.295 e. The van der Waals surface area contributed by atoms with E-state index >= 15 is 0 Å². The fourth-order valence-corrected chi connectivity index (χ4v) is 3.66. The van der Waals surface area contributed by atoms with Gasteiger partial charge in [0.1, 0.15) is 6.04 Å². The highest BCUT2D eigenvalue weighted by Crippen LogP contribution is 2.21. The Morgan fingerprint density at radius 3 is 2.70 bits per heavy atom. The van der Waals surface area contributed by atoms with E-state index in [4.69, 9.17) is 11.6 Å². The van der Waals surface area contributed by atoms with Crippen LogP contribution in [-0.4, -0.2) is 26.3 Å². The summed E-state index contributed by atoms with van der Waals surface area (Å²) in [6.45, 7) is 1.63. The van der Waals surface area contributed by atoms with Gasteiger partial charge in [0.2, 0.25) is 21.8 Å². The third-order valence-electron chi connectivity index (χ3n) is 2.98. The molecular weight excluding hydrogens is 304 g/mol.